The Labute approximate surface area is 109 Å². The predicted molar refractivity (Wildman–Crippen MR) is 76.7 cm³/mol. The summed E-state index contributed by atoms with van der Waals surface area (Å²) in [5, 5.41) is 0. The molecule has 1 aromatic heterocycles. The highest BCUT2D eigenvalue weighted by Crippen LogP contribution is 2.25. The molecule has 0 spiro atoms. The van der Waals surface area contributed by atoms with Crippen molar-refractivity contribution in [3.05, 3.63) is 54.0 Å². The maximum Gasteiger partial charge on any atom is 0.229 e. The molecule has 2 N–H and O–H groups in total. The minimum absolute atomic E-state index is 0.682. The normalized spacial score (nSPS) is 11.8. The number of hydrogen-bond donors (Lipinski definition) is 1. The molecule has 0 fully saturated rings. The van der Waals surface area contributed by atoms with Gasteiger partial charge in [-0.05, 0) is 37.4 Å². The Morgan fingerprint density at radius 2 is 2.06 bits per heavy atom. The molecule has 0 aliphatic carbocycles. The fraction of sp³-hybridized carbons (Fsp3) is 0.143. The van der Waals surface area contributed by atoms with Crippen molar-refractivity contribution in [1.82, 2.24) is 0 Å². The molecule has 0 aliphatic rings. The van der Waals surface area contributed by atoms with Crippen molar-refractivity contribution >= 4 is 20.8 Å². The standard InChI is InChI=1S/C14H17NO2Si/c1-18(2)17-14-6-4-3-5-12(14)13(15)9-11-7-8-16-10-11/h3-10,18H,15H2,1-2H3/b13-9-. The molecule has 4 heteroatoms. The van der Waals surface area contributed by atoms with Gasteiger partial charge in [-0.15, -0.1) is 0 Å². The summed E-state index contributed by atoms with van der Waals surface area (Å²) in [4.78, 5) is 0. The number of furan rings is 1. The first-order valence-corrected chi connectivity index (χ1v) is 8.70. The second-order valence-corrected chi connectivity index (χ2v) is 6.65. The lowest BCUT2D eigenvalue weighted by molar-refractivity contribution is 0.567. The van der Waals surface area contributed by atoms with Gasteiger partial charge in [0.15, 0.2) is 0 Å². The molecular formula is C14H17NO2Si. The second kappa shape index (κ2) is 5.60. The monoisotopic (exact) mass is 259 g/mol. The summed E-state index contributed by atoms with van der Waals surface area (Å²) in [6, 6.07) is 9.71. The van der Waals surface area contributed by atoms with Crippen molar-refractivity contribution in [1.29, 1.82) is 0 Å². The molecule has 94 valence electrons. The van der Waals surface area contributed by atoms with Crippen LogP contribution in [0.5, 0.6) is 5.75 Å². The van der Waals surface area contributed by atoms with Crippen LogP contribution in [-0.2, 0) is 0 Å². The third kappa shape index (κ3) is 3.04. The lowest BCUT2D eigenvalue weighted by Gasteiger charge is -2.14. The summed E-state index contributed by atoms with van der Waals surface area (Å²) in [6.07, 6.45) is 5.17. The molecule has 0 saturated heterocycles. The van der Waals surface area contributed by atoms with Crippen LogP contribution in [0.4, 0.5) is 0 Å². The van der Waals surface area contributed by atoms with Crippen LogP contribution >= 0.6 is 0 Å². The van der Waals surface area contributed by atoms with Crippen molar-refractivity contribution in [3.8, 4) is 5.75 Å². The van der Waals surface area contributed by atoms with Gasteiger partial charge in [0.05, 0.1) is 12.5 Å². The number of hydrogen-bond acceptors (Lipinski definition) is 3. The van der Waals surface area contributed by atoms with Crippen LogP contribution in [0.25, 0.3) is 11.8 Å². The van der Waals surface area contributed by atoms with E-state index < -0.39 is 9.04 Å². The fourth-order valence-electron chi connectivity index (χ4n) is 1.68. The van der Waals surface area contributed by atoms with Crippen molar-refractivity contribution in [2.75, 3.05) is 0 Å². The molecule has 3 nitrogen and oxygen atoms in total. The molecule has 0 amide bonds. The van der Waals surface area contributed by atoms with Gasteiger partial charge < -0.3 is 14.6 Å². The lowest BCUT2D eigenvalue weighted by Crippen LogP contribution is -2.13. The molecule has 0 radical (unpaired) electrons. The predicted octanol–water partition coefficient (Wildman–Crippen LogP) is 3.10. The van der Waals surface area contributed by atoms with Gasteiger partial charge in [-0.25, -0.2) is 0 Å². The van der Waals surface area contributed by atoms with Gasteiger partial charge in [0.25, 0.3) is 0 Å². The van der Waals surface area contributed by atoms with E-state index in [0.29, 0.717) is 5.70 Å². The average molecular weight is 259 g/mol. The smallest absolute Gasteiger partial charge is 0.229 e. The van der Waals surface area contributed by atoms with E-state index in [2.05, 4.69) is 13.1 Å². The van der Waals surface area contributed by atoms with Crippen LogP contribution in [-0.4, -0.2) is 9.04 Å². The highest BCUT2D eigenvalue weighted by atomic mass is 28.3. The highest BCUT2D eigenvalue weighted by molar-refractivity contribution is 6.49. The molecule has 0 unspecified atom stereocenters. The maximum atomic E-state index is 6.12. The Kier molecular flexibility index (Phi) is 3.89. The fourth-order valence-corrected chi connectivity index (χ4v) is 2.39. The van der Waals surface area contributed by atoms with Gasteiger partial charge in [-0.2, -0.15) is 0 Å². The van der Waals surface area contributed by atoms with E-state index in [0.717, 1.165) is 16.9 Å². The van der Waals surface area contributed by atoms with E-state index in [1.165, 1.54) is 0 Å². The minimum atomic E-state index is -1.14. The van der Waals surface area contributed by atoms with Gasteiger partial charge in [0, 0.05) is 16.8 Å². The zero-order valence-corrected chi connectivity index (χ0v) is 11.7. The lowest BCUT2D eigenvalue weighted by atomic mass is 10.1. The van der Waals surface area contributed by atoms with Crippen LogP contribution in [0.2, 0.25) is 13.1 Å². The zero-order valence-electron chi connectivity index (χ0n) is 10.6. The van der Waals surface area contributed by atoms with Crippen molar-refractivity contribution < 1.29 is 8.84 Å². The summed E-state index contributed by atoms with van der Waals surface area (Å²) in [7, 11) is -1.14. The van der Waals surface area contributed by atoms with E-state index in [1.54, 1.807) is 12.5 Å². The SMILES string of the molecule is C[SiH](C)Oc1ccccc1/C(N)=C/c1ccoc1. The summed E-state index contributed by atoms with van der Waals surface area (Å²) >= 11 is 0. The molecule has 2 aromatic rings. The first kappa shape index (κ1) is 12.5. The molecule has 18 heavy (non-hydrogen) atoms. The first-order chi connectivity index (χ1) is 8.66. The molecule has 0 bridgehead atoms. The topological polar surface area (TPSA) is 48.4 Å². The van der Waals surface area contributed by atoms with Gasteiger partial charge in [0.1, 0.15) is 5.75 Å². The van der Waals surface area contributed by atoms with Gasteiger partial charge in [0.2, 0.25) is 9.04 Å². The summed E-state index contributed by atoms with van der Waals surface area (Å²) in [5.41, 5.74) is 8.68. The third-order valence-electron chi connectivity index (χ3n) is 2.43. The van der Waals surface area contributed by atoms with Gasteiger partial charge >= 0.3 is 0 Å². The summed E-state index contributed by atoms with van der Waals surface area (Å²) in [6.45, 7) is 4.26. The van der Waals surface area contributed by atoms with Crippen molar-refractivity contribution in [2.24, 2.45) is 5.73 Å². The molecule has 0 atom stereocenters. The molecule has 0 saturated carbocycles. The van der Waals surface area contributed by atoms with Gasteiger partial charge in [-0.3, -0.25) is 0 Å². The second-order valence-electron chi connectivity index (χ2n) is 4.32. The summed E-state index contributed by atoms with van der Waals surface area (Å²) < 4.78 is 10.9. The van der Waals surface area contributed by atoms with Crippen molar-refractivity contribution in [3.63, 3.8) is 0 Å². The largest absolute Gasteiger partial charge is 0.547 e. The zero-order chi connectivity index (χ0) is 13.0. The Morgan fingerprint density at radius 3 is 2.72 bits per heavy atom. The minimum Gasteiger partial charge on any atom is -0.547 e. The Balaban J connectivity index is 2.32. The van der Waals surface area contributed by atoms with E-state index >= 15 is 0 Å². The van der Waals surface area contributed by atoms with E-state index in [1.807, 2.05) is 36.4 Å². The molecule has 1 heterocycles. The Morgan fingerprint density at radius 1 is 1.28 bits per heavy atom. The number of nitrogens with two attached hydrogens (primary N) is 1. The van der Waals surface area contributed by atoms with Crippen LogP contribution in [0.1, 0.15) is 11.1 Å². The molecule has 0 aliphatic heterocycles. The quantitative estimate of drug-likeness (QED) is 0.858. The van der Waals surface area contributed by atoms with Crippen LogP contribution in [0.3, 0.4) is 0 Å². The third-order valence-corrected chi connectivity index (χ3v) is 3.15. The molecular weight excluding hydrogens is 242 g/mol. The maximum absolute atomic E-state index is 6.12. The first-order valence-electron chi connectivity index (χ1n) is 5.92. The highest BCUT2D eigenvalue weighted by Gasteiger charge is 2.07. The van der Waals surface area contributed by atoms with E-state index in [9.17, 15) is 0 Å². The van der Waals surface area contributed by atoms with E-state index in [-0.39, 0.29) is 0 Å². The number of benzene rings is 1. The average Bonchev–Trinajstić information content (AvgIpc) is 2.81. The Hall–Kier alpha value is -1.94. The Bertz CT molecular complexity index is 532. The molecule has 1 aromatic carbocycles. The summed E-state index contributed by atoms with van der Waals surface area (Å²) in [5.74, 6) is 0.858. The van der Waals surface area contributed by atoms with Crippen LogP contribution < -0.4 is 10.2 Å². The molecule has 2 rings (SSSR count). The van der Waals surface area contributed by atoms with Crippen LogP contribution in [0, 0.1) is 0 Å². The van der Waals surface area contributed by atoms with E-state index in [4.69, 9.17) is 14.6 Å². The van der Waals surface area contributed by atoms with Gasteiger partial charge in [-0.1, -0.05) is 12.1 Å². The number of rotatable bonds is 4. The van der Waals surface area contributed by atoms with Crippen molar-refractivity contribution in [2.45, 2.75) is 13.1 Å². The number of para-hydroxylation sites is 1. The van der Waals surface area contributed by atoms with Crippen LogP contribution in [0.15, 0.2) is 47.3 Å².